The summed E-state index contributed by atoms with van der Waals surface area (Å²) >= 11 is 0. The van der Waals surface area contributed by atoms with Gasteiger partial charge in [0.1, 0.15) is 5.75 Å². The van der Waals surface area contributed by atoms with E-state index in [0.29, 0.717) is 5.56 Å². The number of hydrogen-bond acceptors (Lipinski definition) is 3. The highest BCUT2D eigenvalue weighted by molar-refractivity contribution is 6.12. The van der Waals surface area contributed by atoms with Crippen molar-refractivity contribution in [2.24, 2.45) is 0 Å². The first kappa shape index (κ1) is 11.5. The Bertz CT molecular complexity index is 790. The highest BCUT2D eigenvalue weighted by Crippen LogP contribution is 2.33. The number of hydrogen-bond donors (Lipinski definition) is 1. The monoisotopic (exact) mass is 252 g/mol. The third kappa shape index (κ3) is 1.80. The quantitative estimate of drug-likeness (QED) is 0.532. The molecule has 3 nitrogen and oxygen atoms in total. The molecule has 3 rings (SSSR count). The summed E-state index contributed by atoms with van der Waals surface area (Å²) in [6, 6.07) is 14.9. The Kier molecular flexibility index (Phi) is 2.60. The van der Waals surface area contributed by atoms with Crippen molar-refractivity contribution in [2.45, 2.75) is 0 Å². The zero-order chi connectivity index (χ0) is 13.4. The minimum absolute atomic E-state index is 0.0923. The molecule has 0 aromatic heterocycles. The molecule has 0 amide bonds. The zero-order valence-electron chi connectivity index (χ0n) is 10.4. The normalized spacial score (nSPS) is 10.8. The summed E-state index contributed by atoms with van der Waals surface area (Å²) < 4.78 is 4.68. The summed E-state index contributed by atoms with van der Waals surface area (Å²) in [7, 11) is 1.32. The van der Waals surface area contributed by atoms with Crippen molar-refractivity contribution >= 4 is 27.5 Å². The minimum Gasteiger partial charge on any atom is -0.507 e. The van der Waals surface area contributed by atoms with Gasteiger partial charge in [-0.2, -0.15) is 0 Å². The van der Waals surface area contributed by atoms with Crippen LogP contribution in [0.5, 0.6) is 5.75 Å². The fraction of sp³-hybridized carbons (Fsp3) is 0.0625. The predicted molar refractivity (Wildman–Crippen MR) is 74.5 cm³/mol. The van der Waals surface area contributed by atoms with Crippen molar-refractivity contribution in [1.82, 2.24) is 0 Å². The van der Waals surface area contributed by atoms with E-state index in [9.17, 15) is 9.90 Å². The van der Waals surface area contributed by atoms with E-state index in [0.717, 1.165) is 21.5 Å². The van der Waals surface area contributed by atoms with Crippen LogP contribution in [0.1, 0.15) is 10.4 Å². The third-order valence-electron chi connectivity index (χ3n) is 3.24. The number of benzene rings is 3. The first-order valence-electron chi connectivity index (χ1n) is 5.93. The Hall–Kier alpha value is -2.55. The molecular weight excluding hydrogens is 240 g/mol. The first-order chi connectivity index (χ1) is 9.20. The van der Waals surface area contributed by atoms with Gasteiger partial charge in [0.25, 0.3) is 0 Å². The lowest BCUT2D eigenvalue weighted by Crippen LogP contribution is -2.00. The van der Waals surface area contributed by atoms with Crippen molar-refractivity contribution in [2.75, 3.05) is 7.11 Å². The molecule has 0 aliphatic rings. The van der Waals surface area contributed by atoms with E-state index < -0.39 is 5.97 Å². The second kappa shape index (κ2) is 4.28. The van der Waals surface area contributed by atoms with Crippen LogP contribution in [-0.4, -0.2) is 18.2 Å². The van der Waals surface area contributed by atoms with Crippen LogP contribution in [0, 0.1) is 0 Å². The van der Waals surface area contributed by atoms with Crippen LogP contribution in [0.3, 0.4) is 0 Å². The lowest BCUT2D eigenvalue weighted by Gasteiger charge is -2.08. The largest absolute Gasteiger partial charge is 0.507 e. The number of aromatic hydroxyl groups is 1. The van der Waals surface area contributed by atoms with Gasteiger partial charge in [0, 0.05) is 5.39 Å². The lowest BCUT2D eigenvalue weighted by atomic mass is 9.99. The Labute approximate surface area is 110 Å². The highest BCUT2D eigenvalue weighted by atomic mass is 16.5. The van der Waals surface area contributed by atoms with Crippen molar-refractivity contribution in [3.63, 3.8) is 0 Å². The Morgan fingerprint density at radius 2 is 1.79 bits per heavy atom. The number of carbonyl (C=O) groups is 1. The van der Waals surface area contributed by atoms with E-state index in [1.165, 1.54) is 13.2 Å². The molecule has 0 atom stereocenters. The molecule has 0 radical (unpaired) electrons. The summed E-state index contributed by atoms with van der Waals surface area (Å²) in [6.45, 7) is 0. The van der Waals surface area contributed by atoms with Gasteiger partial charge in [-0.15, -0.1) is 0 Å². The summed E-state index contributed by atoms with van der Waals surface area (Å²) in [4.78, 5) is 11.5. The standard InChI is InChI=1S/C16H12O3/c1-19-16(18)12-8-11-7-6-10-4-2-3-5-13(10)15(11)14(17)9-12/h2-9,17H,1H3. The van der Waals surface area contributed by atoms with Gasteiger partial charge in [-0.1, -0.05) is 36.4 Å². The second-order valence-electron chi connectivity index (χ2n) is 4.37. The van der Waals surface area contributed by atoms with Crippen LogP contribution in [0.4, 0.5) is 0 Å². The SMILES string of the molecule is COC(=O)c1cc(O)c2c(ccc3ccccc32)c1. The average Bonchev–Trinajstić information content (AvgIpc) is 2.45. The molecule has 0 saturated carbocycles. The molecule has 0 saturated heterocycles. The number of phenols is 1. The number of phenolic OH excluding ortho intramolecular Hbond substituents is 1. The molecule has 0 spiro atoms. The number of ether oxygens (including phenoxy) is 1. The van der Waals surface area contributed by atoms with E-state index in [1.54, 1.807) is 6.07 Å². The van der Waals surface area contributed by atoms with Crippen LogP contribution in [0.25, 0.3) is 21.5 Å². The molecule has 0 unspecified atom stereocenters. The van der Waals surface area contributed by atoms with Gasteiger partial charge in [-0.3, -0.25) is 0 Å². The lowest BCUT2D eigenvalue weighted by molar-refractivity contribution is 0.0600. The molecule has 0 heterocycles. The van der Waals surface area contributed by atoms with E-state index in [1.807, 2.05) is 36.4 Å². The summed E-state index contributed by atoms with van der Waals surface area (Å²) in [5.74, 6) is -0.361. The van der Waals surface area contributed by atoms with E-state index in [2.05, 4.69) is 4.74 Å². The number of carbonyl (C=O) groups excluding carboxylic acids is 1. The summed E-state index contributed by atoms with van der Waals surface area (Å²) in [6.07, 6.45) is 0. The topological polar surface area (TPSA) is 46.5 Å². The number of rotatable bonds is 1. The maximum absolute atomic E-state index is 11.5. The molecule has 0 aliphatic heterocycles. The van der Waals surface area contributed by atoms with Crippen LogP contribution < -0.4 is 0 Å². The Morgan fingerprint density at radius 1 is 1.05 bits per heavy atom. The van der Waals surface area contributed by atoms with Gasteiger partial charge in [-0.25, -0.2) is 4.79 Å². The van der Waals surface area contributed by atoms with Gasteiger partial charge in [0.2, 0.25) is 0 Å². The average molecular weight is 252 g/mol. The smallest absolute Gasteiger partial charge is 0.338 e. The highest BCUT2D eigenvalue weighted by Gasteiger charge is 2.11. The van der Waals surface area contributed by atoms with Crippen LogP contribution >= 0.6 is 0 Å². The molecule has 0 bridgehead atoms. The summed E-state index contributed by atoms with van der Waals surface area (Å²) in [5.41, 5.74) is 0.350. The van der Waals surface area contributed by atoms with Gasteiger partial charge in [0.05, 0.1) is 12.7 Å². The van der Waals surface area contributed by atoms with Crippen LogP contribution in [-0.2, 0) is 4.74 Å². The first-order valence-corrected chi connectivity index (χ1v) is 5.93. The van der Waals surface area contributed by atoms with Crippen LogP contribution in [0.15, 0.2) is 48.5 Å². The van der Waals surface area contributed by atoms with Crippen molar-refractivity contribution in [3.05, 3.63) is 54.1 Å². The molecule has 3 aromatic rings. The third-order valence-corrected chi connectivity index (χ3v) is 3.24. The molecule has 1 N–H and O–H groups in total. The van der Waals surface area contributed by atoms with Crippen molar-refractivity contribution in [3.8, 4) is 5.75 Å². The van der Waals surface area contributed by atoms with Crippen molar-refractivity contribution in [1.29, 1.82) is 0 Å². The number of esters is 1. The summed E-state index contributed by atoms with van der Waals surface area (Å²) in [5, 5.41) is 13.8. The molecule has 0 aliphatic carbocycles. The molecule has 3 aromatic carbocycles. The fourth-order valence-electron chi connectivity index (χ4n) is 2.36. The molecular formula is C16H12O3. The van der Waals surface area contributed by atoms with E-state index in [4.69, 9.17) is 0 Å². The molecule has 0 fully saturated rings. The van der Waals surface area contributed by atoms with Crippen LogP contribution in [0.2, 0.25) is 0 Å². The molecule has 94 valence electrons. The predicted octanol–water partition coefficient (Wildman–Crippen LogP) is 3.49. The maximum atomic E-state index is 11.5. The Morgan fingerprint density at radius 3 is 2.58 bits per heavy atom. The molecule has 3 heteroatoms. The second-order valence-corrected chi connectivity index (χ2v) is 4.37. The van der Waals surface area contributed by atoms with Crippen molar-refractivity contribution < 1.29 is 14.6 Å². The van der Waals surface area contributed by atoms with Gasteiger partial charge >= 0.3 is 5.97 Å². The Balaban J connectivity index is 2.39. The minimum atomic E-state index is -0.453. The van der Waals surface area contributed by atoms with Gasteiger partial charge in [0.15, 0.2) is 0 Å². The van der Waals surface area contributed by atoms with Gasteiger partial charge < -0.3 is 9.84 Å². The zero-order valence-corrected chi connectivity index (χ0v) is 10.4. The number of methoxy groups -OCH3 is 1. The fourth-order valence-corrected chi connectivity index (χ4v) is 2.36. The maximum Gasteiger partial charge on any atom is 0.338 e. The number of fused-ring (bicyclic) bond motifs is 3. The van der Waals surface area contributed by atoms with E-state index >= 15 is 0 Å². The van der Waals surface area contributed by atoms with Gasteiger partial charge in [-0.05, 0) is 28.3 Å². The molecule has 19 heavy (non-hydrogen) atoms. The van der Waals surface area contributed by atoms with E-state index in [-0.39, 0.29) is 5.75 Å².